The number of nitrogens with one attached hydrogen (secondary N) is 1. The highest BCUT2D eigenvalue weighted by atomic mass is 16.5. The molecule has 4 aromatic rings. The van der Waals surface area contributed by atoms with E-state index < -0.39 is 28.8 Å². The van der Waals surface area contributed by atoms with Gasteiger partial charge in [-0.05, 0) is 37.5 Å². The van der Waals surface area contributed by atoms with Gasteiger partial charge in [-0.3, -0.25) is 19.0 Å². The average molecular weight is 449 g/mol. The lowest BCUT2D eigenvalue weighted by Crippen LogP contribution is -2.27. The predicted octanol–water partition coefficient (Wildman–Crippen LogP) is 1.57. The van der Waals surface area contributed by atoms with E-state index in [9.17, 15) is 19.5 Å². The van der Waals surface area contributed by atoms with Crippen molar-refractivity contribution in [2.75, 3.05) is 5.32 Å². The summed E-state index contributed by atoms with van der Waals surface area (Å²) in [7, 11) is 1.44. The third-order valence-corrected chi connectivity index (χ3v) is 5.79. The zero-order valence-corrected chi connectivity index (χ0v) is 17.5. The zero-order valence-electron chi connectivity index (χ0n) is 17.5. The monoisotopic (exact) mass is 449 g/mol. The van der Waals surface area contributed by atoms with Gasteiger partial charge >= 0.3 is 0 Å². The van der Waals surface area contributed by atoms with E-state index in [-0.39, 0.29) is 17.6 Å². The molecule has 0 saturated heterocycles. The predicted molar refractivity (Wildman–Crippen MR) is 116 cm³/mol. The number of imidazole rings is 1. The van der Waals surface area contributed by atoms with Crippen molar-refractivity contribution in [1.82, 2.24) is 24.3 Å². The lowest BCUT2D eigenvalue weighted by molar-refractivity contribution is 0.0996. The van der Waals surface area contributed by atoms with Crippen molar-refractivity contribution in [3.63, 3.8) is 0 Å². The van der Waals surface area contributed by atoms with Crippen LogP contribution in [0, 0.1) is 0 Å². The van der Waals surface area contributed by atoms with Crippen LogP contribution in [-0.2, 0) is 7.05 Å². The molecule has 1 fully saturated rings. The molecule has 1 aliphatic carbocycles. The van der Waals surface area contributed by atoms with E-state index in [0.29, 0.717) is 22.4 Å². The van der Waals surface area contributed by atoms with Gasteiger partial charge in [-0.1, -0.05) is 5.16 Å². The lowest BCUT2D eigenvalue weighted by atomic mass is 9.92. The quantitative estimate of drug-likeness (QED) is 0.412. The van der Waals surface area contributed by atoms with Crippen LogP contribution in [0.3, 0.4) is 0 Å². The third-order valence-electron chi connectivity index (χ3n) is 5.79. The molecule has 0 unspecified atom stereocenters. The molecule has 0 atom stereocenters. The SMILES string of the molecule is Cn1c(-c2nc3ccc(C(N)=O)cc3n2C2CCC2)nc(C(=O)Nc2cnoc2)c(O)c1=O. The minimum atomic E-state index is -0.808. The van der Waals surface area contributed by atoms with E-state index in [1.54, 1.807) is 18.2 Å². The highest BCUT2D eigenvalue weighted by Crippen LogP contribution is 2.38. The molecule has 33 heavy (non-hydrogen) atoms. The van der Waals surface area contributed by atoms with Crippen molar-refractivity contribution in [3.8, 4) is 17.4 Å². The fourth-order valence-electron chi connectivity index (χ4n) is 3.82. The maximum Gasteiger partial charge on any atom is 0.296 e. The molecule has 0 spiro atoms. The van der Waals surface area contributed by atoms with Gasteiger partial charge < -0.3 is 25.2 Å². The number of aromatic hydroxyl groups is 1. The van der Waals surface area contributed by atoms with Crippen molar-refractivity contribution in [3.05, 3.63) is 52.3 Å². The summed E-state index contributed by atoms with van der Waals surface area (Å²) in [5, 5.41) is 16.3. The number of fused-ring (bicyclic) bond motifs is 1. The number of carbonyl (C=O) groups excluding carboxylic acids is 2. The Hall–Kier alpha value is -4.48. The summed E-state index contributed by atoms with van der Waals surface area (Å²) in [5.74, 6) is -1.73. The first-order valence-electron chi connectivity index (χ1n) is 10.2. The number of primary amides is 1. The summed E-state index contributed by atoms with van der Waals surface area (Å²) in [6, 6.07) is 4.98. The van der Waals surface area contributed by atoms with Crippen LogP contribution in [0.2, 0.25) is 0 Å². The standard InChI is InChI=1S/C21H19N7O5/c1-27-18(26-15(16(29)21(27)32)20(31)24-11-8-23-33-9-11)19-25-13-6-5-10(17(22)30)7-14(13)28(19)12-3-2-4-12/h5-9,12,29H,2-4H2,1H3,(H2,22,30)(H,24,31). The third kappa shape index (κ3) is 3.32. The van der Waals surface area contributed by atoms with E-state index in [4.69, 9.17) is 5.73 Å². The number of carbonyl (C=O) groups is 2. The number of nitrogens with two attached hydrogens (primary N) is 1. The summed E-state index contributed by atoms with van der Waals surface area (Å²) in [5.41, 5.74) is 6.01. The van der Waals surface area contributed by atoms with Gasteiger partial charge in [0.25, 0.3) is 11.5 Å². The average Bonchev–Trinajstić information content (AvgIpc) is 3.39. The summed E-state index contributed by atoms with van der Waals surface area (Å²) >= 11 is 0. The van der Waals surface area contributed by atoms with Crippen molar-refractivity contribution in [2.24, 2.45) is 12.8 Å². The van der Waals surface area contributed by atoms with E-state index >= 15 is 0 Å². The topological polar surface area (TPSA) is 171 Å². The molecule has 168 valence electrons. The minimum absolute atomic E-state index is 0.0770. The Morgan fingerprint density at radius 1 is 1.24 bits per heavy atom. The van der Waals surface area contributed by atoms with Gasteiger partial charge in [0.2, 0.25) is 11.7 Å². The Kier molecular flexibility index (Phi) is 4.69. The first kappa shape index (κ1) is 20.4. The number of nitrogens with zero attached hydrogens (tertiary/aromatic N) is 5. The Balaban J connectivity index is 1.71. The number of anilines is 1. The second kappa shape index (κ2) is 7.58. The molecular formula is C21H19N7O5. The van der Waals surface area contributed by atoms with Gasteiger partial charge in [-0.2, -0.15) is 0 Å². The molecule has 12 heteroatoms. The largest absolute Gasteiger partial charge is 0.501 e. The van der Waals surface area contributed by atoms with Crippen LogP contribution < -0.4 is 16.6 Å². The van der Waals surface area contributed by atoms with Crippen LogP contribution in [-0.4, -0.2) is 41.2 Å². The fraction of sp³-hybridized carbons (Fsp3) is 0.238. The summed E-state index contributed by atoms with van der Waals surface area (Å²) in [4.78, 5) is 46.2. The molecule has 4 N–H and O–H groups in total. The van der Waals surface area contributed by atoms with Crippen LogP contribution in [0.15, 0.2) is 40.0 Å². The number of rotatable bonds is 5. The van der Waals surface area contributed by atoms with Crippen molar-refractivity contribution in [2.45, 2.75) is 25.3 Å². The number of aromatic nitrogens is 5. The second-order valence-electron chi connectivity index (χ2n) is 7.82. The molecule has 2 amide bonds. The van der Waals surface area contributed by atoms with E-state index in [2.05, 4.69) is 25.0 Å². The normalized spacial score (nSPS) is 13.7. The van der Waals surface area contributed by atoms with Crippen LogP contribution in [0.4, 0.5) is 5.69 Å². The van der Waals surface area contributed by atoms with Gasteiger partial charge in [-0.15, -0.1) is 0 Å². The summed E-state index contributed by atoms with van der Waals surface area (Å²) < 4.78 is 7.72. The maximum absolute atomic E-state index is 12.8. The van der Waals surface area contributed by atoms with E-state index in [0.717, 1.165) is 23.8 Å². The molecule has 3 heterocycles. The van der Waals surface area contributed by atoms with Crippen molar-refractivity contribution in [1.29, 1.82) is 0 Å². The second-order valence-corrected chi connectivity index (χ2v) is 7.82. The number of hydrogen-bond donors (Lipinski definition) is 3. The molecule has 1 aliphatic rings. The number of amides is 2. The van der Waals surface area contributed by atoms with Crippen LogP contribution in [0.5, 0.6) is 5.75 Å². The van der Waals surface area contributed by atoms with Crippen LogP contribution in [0.25, 0.3) is 22.7 Å². The highest BCUT2D eigenvalue weighted by Gasteiger charge is 2.29. The number of benzene rings is 1. The molecule has 1 saturated carbocycles. The lowest BCUT2D eigenvalue weighted by Gasteiger charge is -2.29. The molecular weight excluding hydrogens is 430 g/mol. The van der Waals surface area contributed by atoms with E-state index in [1.807, 2.05) is 4.57 Å². The Labute approximate surface area is 185 Å². The van der Waals surface area contributed by atoms with Crippen molar-refractivity contribution >= 4 is 28.5 Å². The Morgan fingerprint density at radius 2 is 2.03 bits per heavy atom. The molecule has 1 aromatic carbocycles. The van der Waals surface area contributed by atoms with Crippen LogP contribution in [0.1, 0.15) is 46.2 Å². The molecule has 12 nitrogen and oxygen atoms in total. The van der Waals surface area contributed by atoms with Crippen molar-refractivity contribution < 1.29 is 19.2 Å². The van der Waals surface area contributed by atoms with Gasteiger partial charge in [0, 0.05) is 18.7 Å². The van der Waals surface area contributed by atoms with Gasteiger partial charge in [0.15, 0.2) is 17.3 Å². The van der Waals surface area contributed by atoms with E-state index in [1.165, 1.54) is 19.5 Å². The number of hydrogen-bond acceptors (Lipinski definition) is 8. The van der Waals surface area contributed by atoms with Gasteiger partial charge in [0.05, 0.1) is 17.2 Å². The smallest absolute Gasteiger partial charge is 0.296 e. The molecule has 0 radical (unpaired) electrons. The molecule has 5 rings (SSSR count). The highest BCUT2D eigenvalue weighted by molar-refractivity contribution is 6.04. The first-order valence-corrected chi connectivity index (χ1v) is 10.2. The van der Waals surface area contributed by atoms with Crippen LogP contribution >= 0.6 is 0 Å². The van der Waals surface area contributed by atoms with Gasteiger partial charge in [0.1, 0.15) is 12.0 Å². The zero-order chi connectivity index (χ0) is 23.3. The maximum atomic E-state index is 12.8. The summed E-state index contributed by atoms with van der Waals surface area (Å²) in [6.45, 7) is 0. The van der Waals surface area contributed by atoms with Gasteiger partial charge in [-0.25, -0.2) is 9.97 Å². The molecule has 3 aromatic heterocycles. The first-order chi connectivity index (χ1) is 15.8. The Bertz CT molecular complexity index is 1460. The summed E-state index contributed by atoms with van der Waals surface area (Å²) in [6.07, 6.45) is 5.25. The fourth-order valence-corrected chi connectivity index (χ4v) is 3.82. The Morgan fingerprint density at radius 3 is 2.67 bits per heavy atom. The molecule has 0 aliphatic heterocycles. The molecule has 0 bridgehead atoms. The minimum Gasteiger partial charge on any atom is -0.501 e.